The van der Waals surface area contributed by atoms with E-state index in [4.69, 9.17) is 0 Å². The molecule has 0 aliphatic carbocycles. The molecule has 0 saturated heterocycles. The van der Waals surface area contributed by atoms with Crippen LogP contribution in [0, 0.1) is 5.82 Å². The van der Waals surface area contributed by atoms with Crippen molar-refractivity contribution in [1.29, 1.82) is 0 Å². The van der Waals surface area contributed by atoms with Crippen LogP contribution in [0.3, 0.4) is 0 Å². The van der Waals surface area contributed by atoms with Gasteiger partial charge in [0, 0.05) is 30.3 Å². The van der Waals surface area contributed by atoms with Crippen molar-refractivity contribution >= 4 is 17.3 Å². The second-order valence-electron chi connectivity index (χ2n) is 6.66. The van der Waals surface area contributed by atoms with Crippen molar-refractivity contribution in [2.24, 2.45) is 0 Å². The molecule has 0 aliphatic rings. The third-order valence-electron chi connectivity index (χ3n) is 4.13. The number of halogens is 3. The van der Waals surface area contributed by atoms with Crippen LogP contribution in [-0.4, -0.2) is 0 Å². The minimum Gasteiger partial charge on any atom is -0.359 e. The largest absolute Gasteiger partial charge is 0.359 e. The van der Waals surface area contributed by atoms with Crippen molar-refractivity contribution in [1.82, 2.24) is 0 Å². The van der Waals surface area contributed by atoms with E-state index < -0.39 is 17.3 Å². The van der Waals surface area contributed by atoms with Crippen LogP contribution in [-0.2, 0) is 12.3 Å². The van der Waals surface area contributed by atoms with Crippen molar-refractivity contribution in [2.45, 2.75) is 33.1 Å². The van der Waals surface area contributed by atoms with Crippen LogP contribution in [0.5, 0.6) is 0 Å². The van der Waals surface area contributed by atoms with Gasteiger partial charge in [-0.05, 0) is 43.2 Å². The van der Waals surface area contributed by atoms with Gasteiger partial charge >= 0.3 is 0 Å². The molecular weight excluding hydrogens is 347 g/mol. The van der Waals surface area contributed by atoms with Crippen molar-refractivity contribution in [3.8, 4) is 0 Å². The second kappa shape index (κ2) is 8.30. The van der Waals surface area contributed by atoms with E-state index >= 15 is 0 Å². The Balaban J connectivity index is 2.23. The third kappa shape index (κ3) is 5.13. The Morgan fingerprint density at radius 3 is 2.44 bits per heavy atom. The summed E-state index contributed by atoms with van der Waals surface area (Å²) in [6, 6.07) is 9.60. The number of allylic oxidation sites excluding steroid dienone is 3. The molecule has 0 atom stereocenters. The van der Waals surface area contributed by atoms with Crippen LogP contribution >= 0.6 is 0 Å². The predicted molar refractivity (Wildman–Crippen MR) is 108 cm³/mol. The number of hydrogen-bond acceptors (Lipinski definition) is 1. The van der Waals surface area contributed by atoms with Gasteiger partial charge in [-0.15, -0.1) is 0 Å². The van der Waals surface area contributed by atoms with Gasteiger partial charge in [-0.25, -0.2) is 13.2 Å². The van der Waals surface area contributed by atoms with Crippen molar-refractivity contribution in [2.75, 3.05) is 5.32 Å². The summed E-state index contributed by atoms with van der Waals surface area (Å²) in [4.78, 5) is 0. The summed E-state index contributed by atoms with van der Waals surface area (Å²) >= 11 is 0. The highest BCUT2D eigenvalue weighted by Gasteiger charge is 2.28. The summed E-state index contributed by atoms with van der Waals surface area (Å²) in [5.74, 6) is -4.12. The van der Waals surface area contributed by atoms with Gasteiger partial charge in [-0.2, -0.15) is 0 Å². The quantitative estimate of drug-likeness (QED) is 0.544. The summed E-state index contributed by atoms with van der Waals surface area (Å²) < 4.78 is 40.6. The smallest absolute Gasteiger partial charge is 0.273 e. The van der Waals surface area contributed by atoms with Gasteiger partial charge < -0.3 is 5.32 Å². The molecule has 0 saturated carbocycles. The van der Waals surface area contributed by atoms with E-state index in [0.717, 1.165) is 34.5 Å². The summed E-state index contributed by atoms with van der Waals surface area (Å²) in [7, 11) is 0. The molecule has 2 aromatic carbocycles. The van der Waals surface area contributed by atoms with Gasteiger partial charge in [-0.3, -0.25) is 0 Å². The molecule has 0 aromatic heterocycles. The molecule has 1 nitrogen and oxygen atoms in total. The lowest BCUT2D eigenvalue weighted by Crippen LogP contribution is -2.10. The van der Waals surface area contributed by atoms with E-state index in [0.29, 0.717) is 24.6 Å². The summed E-state index contributed by atoms with van der Waals surface area (Å²) in [5, 5.41) is 3.25. The predicted octanol–water partition coefficient (Wildman–Crippen LogP) is 7.17. The van der Waals surface area contributed by atoms with Crippen molar-refractivity contribution in [3.05, 3.63) is 89.4 Å². The Kier molecular flexibility index (Phi) is 6.32. The Labute approximate surface area is 158 Å². The number of anilines is 1. The Morgan fingerprint density at radius 1 is 1.19 bits per heavy atom. The monoisotopic (exact) mass is 371 g/mol. The van der Waals surface area contributed by atoms with Crippen LogP contribution in [0.15, 0.2) is 61.3 Å². The molecule has 0 aliphatic heterocycles. The lowest BCUT2D eigenvalue weighted by molar-refractivity contribution is 0.0137. The number of benzene rings is 2. The average molecular weight is 371 g/mol. The first kappa shape index (κ1) is 20.6. The first-order chi connectivity index (χ1) is 12.6. The van der Waals surface area contributed by atoms with Gasteiger partial charge in [0.25, 0.3) is 5.92 Å². The van der Waals surface area contributed by atoms with E-state index in [1.807, 2.05) is 44.2 Å². The fourth-order valence-corrected chi connectivity index (χ4v) is 2.90. The van der Waals surface area contributed by atoms with Crippen LogP contribution in [0.25, 0.3) is 11.6 Å². The normalized spacial score (nSPS) is 11.6. The maximum Gasteiger partial charge on any atom is 0.273 e. The molecular formula is C23H24F3N. The van der Waals surface area contributed by atoms with Gasteiger partial charge in [0.05, 0.1) is 5.56 Å². The van der Waals surface area contributed by atoms with E-state index in [9.17, 15) is 13.2 Å². The molecule has 4 heteroatoms. The molecule has 0 spiro atoms. The van der Waals surface area contributed by atoms with Crippen molar-refractivity contribution < 1.29 is 13.2 Å². The molecule has 0 radical (unpaired) electrons. The maximum absolute atomic E-state index is 14.0. The molecule has 142 valence electrons. The number of nitrogens with one attached hydrogen (secondary N) is 1. The van der Waals surface area contributed by atoms with Crippen LogP contribution in [0.4, 0.5) is 18.9 Å². The zero-order chi connectivity index (χ0) is 20.2. The third-order valence-corrected chi connectivity index (χ3v) is 4.13. The lowest BCUT2D eigenvalue weighted by atomic mass is 9.99. The average Bonchev–Trinajstić information content (AvgIpc) is 2.55. The SMILES string of the molecule is C=C(Cc1ccc(C(C)(F)F)c(F)c1)Nc1cccc(C(=C)C)c1/C=C\C. The second-order valence-corrected chi connectivity index (χ2v) is 6.66. The highest BCUT2D eigenvalue weighted by molar-refractivity contribution is 5.80. The Hall–Kier alpha value is -2.75. The van der Waals surface area contributed by atoms with Crippen LogP contribution < -0.4 is 5.32 Å². The number of hydrogen-bond donors (Lipinski definition) is 1. The van der Waals surface area contributed by atoms with Crippen LogP contribution in [0.2, 0.25) is 0 Å². The fraction of sp³-hybridized carbons (Fsp3) is 0.217. The molecule has 1 N–H and O–H groups in total. The Morgan fingerprint density at radius 2 is 1.89 bits per heavy atom. The molecule has 2 rings (SSSR count). The van der Waals surface area contributed by atoms with Gasteiger partial charge in [-0.1, -0.05) is 49.1 Å². The van der Waals surface area contributed by atoms with Gasteiger partial charge in [0.2, 0.25) is 0 Å². The van der Waals surface area contributed by atoms with Gasteiger partial charge in [0.1, 0.15) is 5.82 Å². The zero-order valence-electron chi connectivity index (χ0n) is 15.9. The minimum absolute atomic E-state index is 0.319. The molecule has 2 aromatic rings. The van der Waals surface area contributed by atoms with Gasteiger partial charge in [0.15, 0.2) is 0 Å². The van der Waals surface area contributed by atoms with Crippen molar-refractivity contribution in [3.63, 3.8) is 0 Å². The standard InChI is InChI=1S/C23H24F3N/c1-6-8-19-18(15(2)3)9-7-10-22(19)27-16(4)13-17-11-12-20(21(24)14-17)23(5,25)26/h6-12,14,27H,2,4,13H2,1,3,5H3/b8-6-. The zero-order valence-corrected chi connectivity index (χ0v) is 15.9. The first-order valence-corrected chi connectivity index (χ1v) is 8.66. The molecule has 0 fully saturated rings. The van der Waals surface area contributed by atoms with E-state index in [2.05, 4.69) is 18.5 Å². The Bertz CT molecular complexity index is 889. The number of alkyl halides is 2. The fourth-order valence-electron chi connectivity index (χ4n) is 2.90. The molecule has 0 heterocycles. The highest BCUT2D eigenvalue weighted by atomic mass is 19.3. The summed E-state index contributed by atoms with van der Waals surface area (Å²) in [5.41, 5.74) is 4.41. The molecule has 0 amide bonds. The van der Waals surface area contributed by atoms with E-state index in [1.165, 1.54) is 6.07 Å². The summed E-state index contributed by atoms with van der Waals surface area (Å²) in [6.45, 7) is 12.6. The lowest BCUT2D eigenvalue weighted by Gasteiger charge is -2.16. The minimum atomic E-state index is -3.21. The summed E-state index contributed by atoms with van der Waals surface area (Å²) in [6.07, 6.45) is 4.24. The first-order valence-electron chi connectivity index (χ1n) is 8.66. The number of rotatable bonds is 7. The molecule has 0 unspecified atom stereocenters. The maximum atomic E-state index is 14.0. The van der Waals surface area contributed by atoms with E-state index in [1.54, 1.807) is 0 Å². The highest BCUT2D eigenvalue weighted by Crippen LogP contribution is 2.31. The van der Waals surface area contributed by atoms with Crippen LogP contribution in [0.1, 0.15) is 43.0 Å². The molecule has 0 bridgehead atoms. The molecule has 27 heavy (non-hydrogen) atoms. The van der Waals surface area contributed by atoms with E-state index in [-0.39, 0.29) is 0 Å². The topological polar surface area (TPSA) is 12.0 Å².